The molecule has 1 atom stereocenters. The molecular weight excluding hydrogens is 583 g/mol. The number of hydrogen-bond acceptors (Lipinski definition) is 3. The molecule has 0 aromatic heterocycles. The fourth-order valence-electron chi connectivity index (χ4n) is 7.54. The third-order valence-corrected chi connectivity index (χ3v) is 9.61. The molecule has 3 heteroatoms. The van der Waals surface area contributed by atoms with E-state index in [1.54, 1.807) is 12.3 Å². The van der Waals surface area contributed by atoms with Crippen molar-refractivity contribution in [2.24, 2.45) is 9.98 Å². The summed E-state index contributed by atoms with van der Waals surface area (Å²) in [4.78, 5) is 9.33. The number of fused-ring (bicyclic) bond motifs is 4. The van der Waals surface area contributed by atoms with Crippen molar-refractivity contribution < 1.29 is 0 Å². The zero-order valence-electron chi connectivity index (χ0n) is 26.3. The van der Waals surface area contributed by atoms with E-state index in [1.807, 2.05) is 30.5 Å². The average molecular weight is 614 g/mol. The second-order valence-electron chi connectivity index (χ2n) is 12.4. The minimum absolute atomic E-state index is 0.0533. The molecule has 9 rings (SSSR count). The van der Waals surface area contributed by atoms with Gasteiger partial charge in [0.15, 0.2) is 0 Å². The predicted octanol–water partition coefficient (Wildman–Crippen LogP) is 11.3. The number of hydrogen-bond donors (Lipinski definition) is 1. The second-order valence-corrected chi connectivity index (χ2v) is 12.4. The third-order valence-electron chi connectivity index (χ3n) is 9.61. The number of nitrogens with one attached hydrogen (secondary N) is 1. The number of rotatable bonds is 6. The van der Waals surface area contributed by atoms with Crippen molar-refractivity contribution >= 4 is 44.8 Å². The van der Waals surface area contributed by atoms with Crippen molar-refractivity contribution in [3.05, 3.63) is 163 Å². The van der Waals surface area contributed by atoms with E-state index in [9.17, 15) is 0 Å². The molecule has 48 heavy (non-hydrogen) atoms. The molecular formula is C45H31N3. The zero-order chi connectivity index (χ0) is 32.0. The Morgan fingerprint density at radius 1 is 0.604 bits per heavy atom. The standard InChI is InChI=1S/C45H31N3/c46-39-22-9-10-23-40(39)47-26-12-17-32-27-31(28-48-32)33-24-25-38-43-34(33)20-11-21-37(43)44-41(29-13-3-1-4-14-29)35-18-7-8-19-36(35)42(45(38)44)30-15-5-2-6-16-30/h1-16,18-28,32,46H,17H2/b26-12+,46-39?,47-40?. The normalized spacial score (nSPS) is 16.9. The molecule has 3 aliphatic rings. The molecule has 3 nitrogen and oxygen atoms in total. The van der Waals surface area contributed by atoms with E-state index in [2.05, 4.69) is 126 Å². The summed E-state index contributed by atoms with van der Waals surface area (Å²) in [6.45, 7) is 0. The van der Waals surface area contributed by atoms with Crippen LogP contribution in [0.4, 0.5) is 0 Å². The van der Waals surface area contributed by atoms with E-state index in [0.29, 0.717) is 11.4 Å². The van der Waals surface area contributed by atoms with Crippen molar-refractivity contribution in [3.63, 3.8) is 0 Å². The first kappa shape index (κ1) is 28.1. The van der Waals surface area contributed by atoms with Crippen LogP contribution in [-0.4, -0.2) is 23.7 Å². The highest BCUT2D eigenvalue weighted by atomic mass is 14.8. The van der Waals surface area contributed by atoms with Crippen molar-refractivity contribution in [3.8, 4) is 44.5 Å². The fourth-order valence-corrected chi connectivity index (χ4v) is 7.54. The number of aliphatic imine (C=N–C) groups is 2. The van der Waals surface area contributed by atoms with E-state index in [-0.39, 0.29) is 6.04 Å². The Labute approximate surface area is 279 Å². The van der Waals surface area contributed by atoms with Gasteiger partial charge in [0.05, 0.1) is 17.5 Å². The summed E-state index contributed by atoms with van der Waals surface area (Å²) >= 11 is 0. The van der Waals surface area contributed by atoms with Crippen LogP contribution >= 0.6 is 0 Å². The van der Waals surface area contributed by atoms with Crippen LogP contribution < -0.4 is 0 Å². The summed E-state index contributed by atoms with van der Waals surface area (Å²) in [7, 11) is 0. The lowest BCUT2D eigenvalue weighted by molar-refractivity contribution is 0.852. The maximum absolute atomic E-state index is 8.03. The van der Waals surface area contributed by atoms with Gasteiger partial charge in [-0.15, -0.1) is 0 Å². The molecule has 1 unspecified atom stereocenters. The van der Waals surface area contributed by atoms with Gasteiger partial charge in [-0.3, -0.25) is 15.4 Å². The van der Waals surface area contributed by atoms with Crippen molar-refractivity contribution in [1.82, 2.24) is 0 Å². The molecule has 2 aliphatic carbocycles. The molecule has 0 saturated heterocycles. The number of benzene rings is 6. The Morgan fingerprint density at radius 2 is 1.21 bits per heavy atom. The molecule has 0 fully saturated rings. The zero-order valence-corrected chi connectivity index (χ0v) is 26.3. The van der Waals surface area contributed by atoms with Crippen LogP contribution in [0.15, 0.2) is 168 Å². The number of nitrogens with zero attached hydrogens (tertiary/aromatic N) is 2. The summed E-state index contributed by atoms with van der Waals surface area (Å²) in [6.07, 6.45) is 16.3. The van der Waals surface area contributed by atoms with Crippen LogP contribution in [0.3, 0.4) is 0 Å². The molecule has 1 heterocycles. The van der Waals surface area contributed by atoms with E-state index in [0.717, 1.165) is 12.0 Å². The Kier molecular flexibility index (Phi) is 6.76. The summed E-state index contributed by atoms with van der Waals surface area (Å²) in [5, 5.41) is 13.1. The average Bonchev–Trinajstić information content (AvgIpc) is 3.74. The van der Waals surface area contributed by atoms with E-state index in [1.165, 1.54) is 71.6 Å². The minimum atomic E-state index is 0.0533. The van der Waals surface area contributed by atoms with Crippen LogP contribution in [0.2, 0.25) is 0 Å². The van der Waals surface area contributed by atoms with Gasteiger partial charge in [0.1, 0.15) is 0 Å². The van der Waals surface area contributed by atoms with Crippen LogP contribution in [0.1, 0.15) is 12.0 Å². The third kappa shape index (κ3) is 4.55. The van der Waals surface area contributed by atoms with Gasteiger partial charge in [-0.25, -0.2) is 0 Å². The summed E-state index contributed by atoms with van der Waals surface area (Å²) in [6, 6.07) is 42.1. The predicted molar refractivity (Wildman–Crippen MR) is 204 cm³/mol. The summed E-state index contributed by atoms with van der Waals surface area (Å²) in [5.74, 6) is 0. The van der Waals surface area contributed by atoms with Crippen LogP contribution in [0, 0.1) is 5.41 Å². The van der Waals surface area contributed by atoms with Crippen molar-refractivity contribution in [2.45, 2.75) is 12.5 Å². The quantitative estimate of drug-likeness (QED) is 0.181. The molecule has 6 aromatic carbocycles. The molecule has 0 amide bonds. The molecule has 1 aliphatic heterocycles. The van der Waals surface area contributed by atoms with Crippen molar-refractivity contribution in [2.75, 3.05) is 0 Å². The molecule has 6 aromatic rings. The van der Waals surface area contributed by atoms with Gasteiger partial charge in [-0.2, -0.15) is 0 Å². The molecule has 0 bridgehead atoms. The number of allylic oxidation sites excluding steroid dienone is 5. The maximum atomic E-state index is 8.03. The van der Waals surface area contributed by atoms with E-state index >= 15 is 0 Å². The van der Waals surface area contributed by atoms with Crippen molar-refractivity contribution in [1.29, 1.82) is 5.41 Å². The van der Waals surface area contributed by atoms with Gasteiger partial charge in [0.25, 0.3) is 0 Å². The first-order valence-electron chi connectivity index (χ1n) is 16.4. The van der Waals surface area contributed by atoms with Gasteiger partial charge >= 0.3 is 0 Å². The largest absolute Gasteiger partial charge is 0.299 e. The Morgan fingerprint density at radius 3 is 1.90 bits per heavy atom. The van der Waals surface area contributed by atoms with Gasteiger partial charge < -0.3 is 0 Å². The van der Waals surface area contributed by atoms with Gasteiger partial charge in [-0.1, -0.05) is 140 Å². The second kappa shape index (κ2) is 11.6. The summed E-state index contributed by atoms with van der Waals surface area (Å²) < 4.78 is 0. The van der Waals surface area contributed by atoms with Gasteiger partial charge in [0.2, 0.25) is 0 Å². The monoisotopic (exact) mass is 613 g/mol. The minimum Gasteiger partial charge on any atom is -0.299 e. The molecule has 226 valence electrons. The highest BCUT2D eigenvalue weighted by Crippen LogP contribution is 2.58. The highest BCUT2D eigenvalue weighted by Gasteiger charge is 2.31. The first-order valence-corrected chi connectivity index (χ1v) is 16.4. The maximum Gasteiger partial charge on any atom is 0.0878 e. The molecule has 0 spiro atoms. The van der Waals surface area contributed by atoms with E-state index < -0.39 is 0 Å². The molecule has 0 radical (unpaired) electrons. The topological polar surface area (TPSA) is 48.6 Å². The van der Waals surface area contributed by atoms with E-state index in [4.69, 9.17) is 10.4 Å². The summed E-state index contributed by atoms with van der Waals surface area (Å²) in [5.41, 5.74) is 13.7. The first-order chi connectivity index (χ1) is 23.8. The van der Waals surface area contributed by atoms with Gasteiger partial charge in [-0.05, 0) is 95.8 Å². The van der Waals surface area contributed by atoms with Gasteiger partial charge in [0, 0.05) is 12.4 Å². The lowest BCUT2D eigenvalue weighted by atomic mass is 9.82. The SMILES string of the molecule is N=C1C=CC=CC1=N/C=C/CC1C=C(c2ccc3c4c(cccc24)-c2c-3c(-c3ccccc3)c3ccccc3c2-c2ccccc2)C=N1. The van der Waals surface area contributed by atoms with Crippen LogP contribution in [0.25, 0.3) is 71.6 Å². The molecule has 1 N–H and O–H groups in total. The lowest BCUT2D eigenvalue weighted by Gasteiger charge is -2.20. The Balaban J connectivity index is 1.20. The smallest absolute Gasteiger partial charge is 0.0878 e. The molecule has 0 saturated carbocycles. The Bertz CT molecular complexity index is 2380. The lowest BCUT2D eigenvalue weighted by Crippen LogP contribution is -2.08. The van der Waals surface area contributed by atoms with Crippen LogP contribution in [0.5, 0.6) is 0 Å². The van der Waals surface area contributed by atoms with Crippen LogP contribution in [-0.2, 0) is 0 Å². The Hall–Kier alpha value is -6.19. The fraction of sp³-hybridized carbons (Fsp3) is 0.0444. The highest BCUT2D eigenvalue weighted by molar-refractivity contribution is 6.50.